The van der Waals surface area contributed by atoms with Gasteiger partial charge < -0.3 is 24.5 Å². The molecular weight excluding hydrogens is 608 g/mol. The summed E-state index contributed by atoms with van der Waals surface area (Å²) in [5.41, 5.74) is 0.495. The lowest BCUT2D eigenvalue weighted by atomic mass is 9.74. The molecule has 11 nitrogen and oxygen atoms in total. The van der Waals surface area contributed by atoms with Crippen LogP contribution in [0.5, 0.6) is 0 Å². The molecule has 6 atom stereocenters. The third-order valence-corrected chi connectivity index (χ3v) is 10.3. The van der Waals surface area contributed by atoms with Crippen LogP contribution in [-0.4, -0.2) is 89.5 Å². The van der Waals surface area contributed by atoms with Gasteiger partial charge in [-0.3, -0.25) is 14.4 Å². The van der Waals surface area contributed by atoms with Crippen molar-refractivity contribution in [1.29, 1.82) is 0 Å². The standard InChI is InChI=1S/C37H36N6O5/c1-36-18-10-20-40(22-25-12-4-2-5-13-25)33(45)30(36)31-34(46)43(29(23-44)26-14-6-3-7-15-26)32-35(47)41(21-11-19-37(31,32)48-36)24-42-28-17-9-8-16-27(28)38-39-42/h2-19,29-32,44H,20-24H2,1H3/t29-,30-,31+,32?,36+,37+/m1/s1. The van der Waals surface area contributed by atoms with Gasteiger partial charge in [-0.2, -0.15) is 0 Å². The molecule has 0 radical (unpaired) electrons. The molecule has 1 N–H and O–H groups in total. The monoisotopic (exact) mass is 644 g/mol. The van der Waals surface area contributed by atoms with E-state index in [2.05, 4.69) is 10.3 Å². The van der Waals surface area contributed by atoms with E-state index in [1.54, 1.807) is 14.5 Å². The third-order valence-electron chi connectivity index (χ3n) is 10.3. The number of aliphatic hydroxyl groups excluding tert-OH is 1. The number of hydrogen-bond acceptors (Lipinski definition) is 7. The van der Waals surface area contributed by atoms with Gasteiger partial charge in [-0.05, 0) is 30.2 Å². The molecule has 2 saturated heterocycles. The van der Waals surface area contributed by atoms with E-state index in [0.717, 1.165) is 11.1 Å². The maximum atomic E-state index is 15.0. The first-order valence-corrected chi connectivity index (χ1v) is 16.3. The van der Waals surface area contributed by atoms with Crippen LogP contribution in [-0.2, 0) is 32.3 Å². The van der Waals surface area contributed by atoms with Crippen molar-refractivity contribution in [2.75, 3.05) is 19.7 Å². The van der Waals surface area contributed by atoms with Crippen LogP contribution in [0.1, 0.15) is 24.1 Å². The number of benzene rings is 3. The number of aromatic nitrogens is 3. The van der Waals surface area contributed by atoms with E-state index in [1.165, 1.54) is 4.90 Å². The van der Waals surface area contributed by atoms with E-state index in [4.69, 9.17) is 4.74 Å². The lowest BCUT2D eigenvalue weighted by Gasteiger charge is -2.40. The minimum Gasteiger partial charge on any atom is -0.394 e. The minimum atomic E-state index is -1.47. The first kappa shape index (κ1) is 30.2. The van der Waals surface area contributed by atoms with Gasteiger partial charge in [-0.25, -0.2) is 4.68 Å². The number of carbonyl (C=O) groups is 3. The molecule has 4 aliphatic heterocycles. The van der Waals surface area contributed by atoms with E-state index >= 15 is 4.79 Å². The molecule has 4 aliphatic rings. The van der Waals surface area contributed by atoms with Gasteiger partial charge in [0.25, 0.3) is 5.91 Å². The summed E-state index contributed by atoms with van der Waals surface area (Å²) >= 11 is 0. The second kappa shape index (κ2) is 11.5. The smallest absolute Gasteiger partial charge is 0.250 e. The Morgan fingerprint density at radius 3 is 2.29 bits per heavy atom. The number of nitrogens with zero attached hydrogens (tertiary/aromatic N) is 6. The second-order valence-electron chi connectivity index (χ2n) is 13.1. The maximum Gasteiger partial charge on any atom is 0.250 e. The third kappa shape index (κ3) is 4.60. The predicted octanol–water partition coefficient (Wildman–Crippen LogP) is 3.09. The first-order chi connectivity index (χ1) is 23.3. The lowest BCUT2D eigenvalue weighted by Crippen LogP contribution is -2.57. The highest BCUT2D eigenvalue weighted by Crippen LogP contribution is 2.58. The van der Waals surface area contributed by atoms with E-state index in [0.29, 0.717) is 24.2 Å². The SMILES string of the molecule is C[C@]12C=CCN(Cc3ccccc3)C(=O)[C@H]1[C@H]1C(=O)N([C@H](CO)c3ccccc3)C3C(=O)N(Cn4nnc5ccccc54)CC=C[C@@]31O2. The quantitative estimate of drug-likeness (QED) is 0.307. The van der Waals surface area contributed by atoms with Crippen LogP contribution in [0, 0.1) is 11.8 Å². The molecule has 1 unspecified atom stereocenters. The minimum absolute atomic E-state index is 0.0858. The highest BCUT2D eigenvalue weighted by molar-refractivity contribution is 6.00. The normalized spacial score (nSPS) is 28.8. The van der Waals surface area contributed by atoms with Crippen LogP contribution in [0.3, 0.4) is 0 Å². The van der Waals surface area contributed by atoms with E-state index in [-0.39, 0.29) is 25.0 Å². The topological polar surface area (TPSA) is 121 Å². The lowest BCUT2D eigenvalue weighted by molar-refractivity contribution is -0.157. The summed E-state index contributed by atoms with van der Waals surface area (Å²) in [6.07, 6.45) is 7.47. The van der Waals surface area contributed by atoms with Crippen molar-refractivity contribution < 1.29 is 24.2 Å². The van der Waals surface area contributed by atoms with Crippen LogP contribution >= 0.6 is 0 Å². The molecule has 5 heterocycles. The molecular formula is C37H36N6O5. The number of rotatable bonds is 7. The van der Waals surface area contributed by atoms with Gasteiger partial charge in [0.1, 0.15) is 23.8 Å². The van der Waals surface area contributed by atoms with Crippen molar-refractivity contribution >= 4 is 28.8 Å². The van der Waals surface area contributed by atoms with Gasteiger partial charge in [0, 0.05) is 19.6 Å². The van der Waals surface area contributed by atoms with E-state index < -0.39 is 47.6 Å². The number of para-hydroxylation sites is 1. The Morgan fingerprint density at radius 2 is 1.52 bits per heavy atom. The molecule has 1 aromatic heterocycles. The molecule has 244 valence electrons. The van der Waals surface area contributed by atoms with Gasteiger partial charge in [0.05, 0.1) is 35.6 Å². The molecule has 3 aromatic carbocycles. The highest BCUT2D eigenvalue weighted by atomic mass is 16.5. The molecule has 11 heteroatoms. The Kier molecular flexibility index (Phi) is 7.26. The molecule has 0 aliphatic carbocycles. The average molecular weight is 645 g/mol. The highest BCUT2D eigenvalue weighted by Gasteiger charge is 2.75. The fourth-order valence-corrected chi connectivity index (χ4v) is 8.18. The van der Waals surface area contributed by atoms with Crippen molar-refractivity contribution in [2.24, 2.45) is 11.8 Å². The summed E-state index contributed by atoms with van der Waals surface area (Å²) in [6, 6.07) is 24.4. The zero-order chi connectivity index (χ0) is 33.0. The van der Waals surface area contributed by atoms with Crippen molar-refractivity contribution in [3.05, 3.63) is 120 Å². The molecule has 3 amide bonds. The summed E-state index contributed by atoms with van der Waals surface area (Å²) in [6.45, 7) is 2.46. The largest absolute Gasteiger partial charge is 0.394 e. The number of fused-ring (bicyclic) bond motifs is 3. The molecule has 4 aromatic rings. The maximum absolute atomic E-state index is 15.0. The Bertz CT molecular complexity index is 1950. The zero-order valence-electron chi connectivity index (χ0n) is 26.5. The summed E-state index contributed by atoms with van der Waals surface area (Å²) < 4.78 is 8.66. The Labute approximate surface area is 277 Å². The van der Waals surface area contributed by atoms with Crippen LogP contribution in [0.25, 0.3) is 11.0 Å². The second-order valence-corrected chi connectivity index (χ2v) is 13.1. The number of aliphatic hydroxyl groups is 1. The number of carbonyl (C=O) groups excluding carboxylic acids is 3. The average Bonchev–Trinajstić information content (AvgIpc) is 3.64. The van der Waals surface area contributed by atoms with Gasteiger partial charge >= 0.3 is 0 Å². The molecule has 48 heavy (non-hydrogen) atoms. The molecule has 1 spiro atoms. The van der Waals surface area contributed by atoms with Crippen molar-refractivity contribution in [3.63, 3.8) is 0 Å². The van der Waals surface area contributed by atoms with Crippen LogP contribution in [0.4, 0.5) is 0 Å². The van der Waals surface area contributed by atoms with Crippen LogP contribution in [0.2, 0.25) is 0 Å². The van der Waals surface area contributed by atoms with Crippen molar-refractivity contribution in [3.8, 4) is 0 Å². The van der Waals surface area contributed by atoms with Gasteiger partial charge in [0.2, 0.25) is 11.8 Å². The molecule has 2 fully saturated rings. The van der Waals surface area contributed by atoms with Gasteiger partial charge in [0.15, 0.2) is 0 Å². The first-order valence-electron chi connectivity index (χ1n) is 16.3. The number of likely N-dealkylation sites (tertiary alicyclic amines) is 1. The summed E-state index contributed by atoms with van der Waals surface area (Å²) in [7, 11) is 0. The fraction of sp³-hybridized carbons (Fsp3) is 0.324. The Hall–Kier alpha value is -5.13. The number of amides is 3. The van der Waals surface area contributed by atoms with Crippen molar-refractivity contribution in [1.82, 2.24) is 29.7 Å². The van der Waals surface area contributed by atoms with Crippen molar-refractivity contribution in [2.45, 2.75) is 43.4 Å². The summed E-state index contributed by atoms with van der Waals surface area (Å²) in [4.78, 5) is 49.4. The van der Waals surface area contributed by atoms with Crippen LogP contribution in [0.15, 0.2) is 109 Å². The molecule has 8 rings (SSSR count). The van der Waals surface area contributed by atoms with Gasteiger partial charge in [-0.15, -0.1) is 5.10 Å². The van der Waals surface area contributed by atoms with Gasteiger partial charge in [-0.1, -0.05) is 102 Å². The summed E-state index contributed by atoms with van der Waals surface area (Å²) in [5, 5.41) is 19.4. The zero-order valence-corrected chi connectivity index (χ0v) is 26.5. The Balaban J connectivity index is 1.23. The number of ether oxygens (including phenoxy) is 1. The van der Waals surface area contributed by atoms with Crippen LogP contribution < -0.4 is 0 Å². The summed E-state index contributed by atoms with van der Waals surface area (Å²) in [5.74, 6) is -2.88. The van der Waals surface area contributed by atoms with E-state index in [9.17, 15) is 14.7 Å². The number of hydrogen-bond donors (Lipinski definition) is 1. The fourth-order valence-electron chi connectivity index (χ4n) is 8.18. The molecule has 0 bridgehead atoms. The molecule has 0 saturated carbocycles. The Morgan fingerprint density at radius 1 is 0.833 bits per heavy atom. The van der Waals surface area contributed by atoms with E-state index in [1.807, 2.05) is 116 Å². The predicted molar refractivity (Wildman–Crippen MR) is 175 cm³/mol.